The molecule has 0 fully saturated rings. The first-order valence-electron chi connectivity index (χ1n) is 5.99. The Kier molecular flexibility index (Phi) is 2.71. The van der Waals surface area contributed by atoms with Crippen LogP contribution in [0.4, 0.5) is 0 Å². The molecular weight excluding hydrogens is 244 g/mol. The summed E-state index contributed by atoms with van der Waals surface area (Å²) in [5, 5.41) is 0. The second-order valence-electron chi connectivity index (χ2n) is 4.47. The van der Waals surface area contributed by atoms with Crippen LogP contribution >= 0.6 is 0 Å². The van der Waals surface area contributed by atoms with Crippen LogP contribution in [0.2, 0.25) is 0 Å². The van der Waals surface area contributed by atoms with E-state index in [1.165, 1.54) is 6.08 Å². The molecule has 1 aliphatic heterocycles. The molecule has 2 atom stereocenters. The third kappa shape index (κ3) is 1.85. The molecule has 1 aromatic rings. The Bertz CT molecular complexity index is 613. The number of benzene rings is 1. The van der Waals surface area contributed by atoms with Gasteiger partial charge >= 0.3 is 5.97 Å². The van der Waals surface area contributed by atoms with E-state index < -0.39 is 11.9 Å². The van der Waals surface area contributed by atoms with Crippen LogP contribution in [-0.4, -0.2) is 18.9 Å². The highest BCUT2D eigenvalue weighted by Crippen LogP contribution is 2.41. The Hall–Kier alpha value is -2.36. The molecule has 0 saturated carbocycles. The molecule has 1 heterocycles. The maximum absolute atomic E-state index is 12.0. The minimum atomic E-state index is -0.782. The predicted octanol–water partition coefficient (Wildman–Crippen LogP) is 2.01. The fourth-order valence-electron chi connectivity index (χ4n) is 2.45. The number of allylic oxidation sites excluding steroid dienone is 4. The largest absolute Gasteiger partial charge is 0.497 e. The van der Waals surface area contributed by atoms with Crippen LogP contribution in [0.15, 0.2) is 42.5 Å². The molecule has 0 N–H and O–H groups in total. The number of ether oxygens (including phenoxy) is 2. The number of hydrogen-bond donors (Lipinski definition) is 0. The molecule has 0 bridgehead atoms. The van der Waals surface area contributed by atoms with Gasteiger partial charge in [-0.25, -0.2) is 0 Å². The summed E-state index contributed by atoms with van der Waals surface area (Å²) >= 11 is 0. The summed E-state index contributed by atoms with van der Waals surface area (Å²) in [6.45, 7) is 0. The molecule has 4 nitrogen and oxygen atoms in total. The summed E-state index contributed by atoms with van der Waals surface area (Å²) in [5.74, 6) is -0.703. The van der Waals surface area contributed by atoms with Crippen molar-refractivity contribution < 1.29 is 19.1 Å². The average Bonchev–Trinajstić information content (AvgIpc) is 2.60. The maximum atomic E-state index is 12.0. The van der Waals surface area contributed by atoms with Crippen LogP contribution in [0, 0.1) is 5.92 Å². The Morgan fingerprint density at radius 3 is 2.84 bits per heavy atom. The van der Waals surface area contributed by atoms with Gasteiger partial charge in [-0.05, 0) is 12.1 Å². The Balaban J connectivity index is 2.12. The Morgan fingerprint density at radius 2 is 2.05 bits per heavy atom. The zero-order valence-electron chi connectivity index (χ0n) is 10.3. The highest BCUT2D eigenvalue weighted by atomic mass is 16.5. The van der Waals surface area contributed by atoms with Gasteiger partial charge in [-0.2, -0.15) is 0 Å². The first-order valence-corrected chi connectivity index (χ1v) is 5.99. The van der Waals surface area contributed by atoms with Crippen molar-refractivity contribution in [3.05, 3.63) is 48.1 Å². The summed E-state index contributed by atoms with van der Waals surface area (Å²) in [4.78, 5) is 23.9. The van der Waals surface area contributed by atoms with E-state index in [-0.39, 0.29) is 11.7 Å². The zero-order chi connectivity index (χ0) is 13.4. The van der Waals surface area contributed by atoms with Gasteiger partial charge in [0.1, 0.15) is 17.4 Å². The third-order valence-electron chi connectivity index (χ3n) is 3.40. The van der Waals surface area contributed by atoms with Gasteiger partial charge in [-0.15, -0.1) is 0 Å². The Morgan fingerprint density at radius 1 is 1.21 bits per heavy atom. The number of ketones is 1. The monoisotopic (exact) mass is 256 g/mol. The molecule has 2 aliphatic rings. The van der Waals surface area contributed by atoms with E-state index in [9.17, 15) is 9.59 Å². The van der Waals surface area contributed by atoms with Crippen molar-refractivity contribution in [3.63, 3.8) is 0 Å². The number of methoxy groups -OCH3 is 1. The summed E-state index contributed by atoms with van der Waals surface area (Å²) in [7, 11) is 1.55. The van der Waals surface area contributed by atoms with Crippen LogP contribution in [0.5, 0.6) is 11.5 Å². The average molecular weight is 256 g/mol. The maximum Gasteiger partial charge on any atom is 0.323 e. The van der Waals surface area contributed by atoms with Gasteiger partial charge in [0.2, 0.25) is 0 Å². The van der Waals surface area contributed by atoms with Gasteiger partial charge in [0.25, 0.3) is 0 Å². The molecule has 0 spiro atoms. The predicted molar refractivity (Wildman–Crippen MR) is 68.1 cm³/mol. The van der Waals surface area contributed by atoms with Crippen LogP contribution in [-0.2, 0) is 9.59 Å². The highest BCUT2D eigenvalue weighted by molar-refractivity contribution is 6.08. The highest BCUT2D eigenvalue weighted by Gasteiger charge is 2.40. The van der Waals surface area contributed by atoms with E-state index in [0.29, 0.717) is 11.5 Å². The summed E-state index contributed by atoms with van der Waals surface area (Å²) in [5.41, 5.74) is 0.832. The van der Waals surface area contributed by atoms with Gasteiger partial charge in [-0.1, -0.05) is 24.3 Å². The standard InChI is InChI=1S/C15H12O4/c1-18-9-6-7-10-11-4-2-3-5-12(16)14(11)15(17)19-13(10)8-9/h2-8,11,14H,1H3. The van der Waals surface area contributed by atoms with Crippen LogP contribution in [0.25, 0.3) is 0 Å². The summed E-state index contributed by atoms with van der Waals surface area (Å²) in [6.07, 6.45) is 6.71. The molecule has 1 aliphatic carbocycles. The van der Waals surface area contributed by atoms with Gasteiger partial charge in [0, 0.05) is 17.5 Å². The number of rotatable bonds is 1. The van der Waals surface area contributed by atoms with Crippen molar-refractivity contribution in [2.75, 3.05) is 7.11 Å². The van der Waals surface area contributed by atoms with Gasteiger partial charge in [0.15, 0.2) is 5.78 Å². The van der Waals surface area contributed by atoms with Gasteiger partial charge in [-0.3, -0.25) is 9.59 Å². The molecule has 3 rings (SSSR count). The topological polar surface area (TPSA) is 52.6 Å². The van der Waals surface area contributed by atoms with E-state index in [0.717, 1.165) is 5.56 Å². The zero-order valence-corrected chi connectivity index (χ0v) is 10.3. The fraction of sp³-hybridized carbons (Fsp3) is 0.200. The number of fused-ring (bicyclic) bond motifs is 3. The van der Waals surface area contributed by atoms with Crippen molar-refractivity contribution in [1.82, 2.24) is 0 Å². The van der Waals surface area contributed by atoms with Crippen molar-refractivity contribution >= 4 is 11.8 Å². The SMILES string of the molecule is COc1ccc2c(c1)OC(=O)C1C(=O)C=CC=CC21. The first kappa shape index (κ1) is 11.7. The molecule has 0 amide bonds. The lowest BCUT2D eigenvalue weighted by molar-refractivity contribution is -0.144. The van der Waals surface area contributed by atoms with Crippen LogP contribution in [0.1, 0.15) is 11.5 Å². The quantitative estimate of drug-likeness (QED) is 0.438. The van der Waals surface area contributed by atoms with E-state index >= 15 is 0 Å². The molecule has 0 aromatic heterocycles. The van der Waals surface area contributed by atoms with E-state index in [1.54, 1.807) is 31.4 Å². The van der Waals surface area contributed by atoms with Gasteiger partial charge < -0.3 is 9.47 Å². The second kappa shape index (κ2) is 4.39. The molecule has 1 aromatic carbocycles. The summed E-state index contributed by atoms with van der Waals surface area (Å²) < 4.78 is 10.4. The number of carbonyl (C=O) groups excluding carboxylic acids is 2. The van der Waals surface area contributed by atoms with E-state index in [4.69, 9.17) is 9.47 Å². The van der Waals surface area contributed by atoms with Crippen molar-refractivity contribution in [2.24, 2.45) is 5.92 Å². The second-order valence-corrected chi connectivity index (χ2v) is 4.47. The molecule has 96 valence electrons. The van der Waals surface area contributed by atoms with Crippen molar-refractivity contribution in [2.45, 2.75) is 5.92 Å². The van der Waals surface area contributed by atoms with Crippen molar-refractivity contribution in [1.29, 1.82) is 0 Å². The number of hydrogen-bond acceptors (Lipinski definition) is 4. The normalized spacial score (nSPS) is 24.3. The lowest BCUT2D eigenvalue weighted by atomic mass is 9.81. The lowest BCUT2D eigenvalue weighted by Gasteiger charge is -2.28. The minimum absolute atomic E-state index is 0.221. The molecule has 2 unspecified atom stereocenters. The summed E-state index contributed by atoms with van der Waals surface area (Å²) in [6, 6.07) is 5.30. The van der Waals surface area contributed by atoms with Gasteiger partial charge in [0.05, 0.1) is 7.11 Å². The smallest absolute Gasteiger partial charge is 0.323 e. The lowest BCUT2D eigenvalue weighted by Crippen LogP contribution is -2.35. The minimum Gasteiger partial charge on any atom is -0.497 e. The third-order valence-corrected chi connectivity index (χ3v) is 3.40. The molecular formula is C15H12O4. The van der Waals surface area contributed by atoms with Crippen molar-refractivity contribution in [3.8, 4) is 11.5 Å². The molecule has 0 saturated heterocycles. The number of esters is 1. The van der Waals surface area contributed by atoms with Crippen LogP contribution in [0.3, 0.4) is 0 Å². The molecule has 19 heavy (non-hydrogen) atoms. The number of carbonyl (C=O) groups is 2. The Labute approximate surface area is 110 Å². The first-order chi connectivity index (χ1) is 9.20. The van der Waals surface area contributed by atoms with E-state index in [1.807, 2.05) is 12.1 Å². The molecule has 4 heteroatoms. The van der Waals surface area contributed by atoms with Crippen LogP contribution < -0.4 is 9.47 Å². The van der Waals surface area contributed by atoms with E-state index in [2.05, 4.69) is 0 Å². The molecule has 0 radical (unpaired) electrons. The fourth-order valence-corrected chi connectivity index (χ4v) is 2.45.